The first-order chi connectivity index (χ1) is 21.3. The topological polar surface area (TPSA) is 176 Å². The van der Waals surface area contributed by atoms with Crippen LogP contribution in [-0.2, 0) is 32.1 Å². The van der Waals surface area contributed by atoms with Crippen molar-refractivity contribution in [1.82, 2.24) is 30.1 Å². The third-order valence-corrected chi connectivity index (χ3v) is 9.84. The van der Waals surface area contributed by atoms with E-state index < -0.39 is 41.3 Å². The third kappa shape index (κ3) is 5.55. The Morgan fingerprint density at radius 1 is 1.23 bits per heavy atom. The number of hydrogen-bond donors (Lipinski definition) is 3. The quantitative estimate of drug-likeness (QED) is 0.218. The van der Waals surface area contributed by atoms with Crippen molar-refractivity contribution in [2.45, 2.75) is 31.3 Å². The predicted molar refractivity (Wildman–Crippen MR) is 163 cm³/mol. The number of thiophene rings is 1. The molecule has 2 amide bonds. The molecule has 2 atom stereocenters. The minimum absolute atomic E-state index is 0.125. The molecule has 0 spiro atoms. The number of rotatable bonds is 9. The summed E-state index contributed by atoms with van der Waals surface area (Å²) in [5.41, 5.74) is -0.495. The summed E-state index contributed by atoms with van der Waals surface area (Å²) in [6.07, 6.45) is 2.93. The first-order valence-electron chi connectivity index (χ1n) is 14.0. The van der Waals surface area contributed by atoms with E-state index in [1.54, 1.807) is 4.57 Å². The van der Waals surface area contributed by atoms with Crippen LogP contribution in [0.1, 0.15) is 22.2 Å². The molecule has 16 heteroatoms. The lowest BCUT2D eigenvalue weighted by molar-refractivity contribution is -0.150. The van der Waals surface area contributed by atoms with Gasteiger partial charge in [-0.2, -0.15) is 4.98 Å². The Morgan fingerprint density at radius 2 is 2.02 bits per heavy atom. The molecule has 0 bridgehead atoms. The highest BCUT2D eigenvalue weighted by Gasteiger charge is 2.54. The number of thioether (sulfide) groups is 1. The first kappa shape index (κ1) is 29.8. The monoisotopic (exact) mass is 639 g/mol. The molecule has 0 unspecified atom stereocenters. The summed E-state index contributed by atoms with van der Waals surface area (Å²) in [6.45, 7) is 4.90. The number of nitrogens with one attached hydrogen (secondary N) is 2. The third-order valence-electron chi connectivity index (χ3n) is 7.62. The van der Waals surface area contributed by atoms with E-state index in [1.165, 1.54) is 35.5 Å². The number of hydrogen-bond acceptors (Lipinski definition) is 12. The fraction of sp³-hybridized carbons (Fsp3) is 0.393. The van der Waals surface area contributed by atoms with Crippen LogP contribution >= 0.6 is 23.1 Å². The van der Waals surface area contributed by atoms with E-state index in [4.69, 9.17) is 4.74 Å². The Bertz CT molecular complexity index is 1730. The van der Waals surface area contributed by atoms with Crippen molar-refractivity contribution in [2.75, 3.05) is 43.4 Å². The molecule has 0 aromatic carbocycles. The molecule has 6 rings (SSSR count). The summed E-state index contributed by atoms with van der Waals surface area (Å²) < 4.78 is 7.12. The fourth-order valence-electron chi connectivity index (χ4n) is 5.39. The average Bonchev–Trinajstić information content (AvgIpc) is 3.55. The van der Waals surface area contributed by atoms with Gasteiger partial charge in [-0.05, 0) is 18.4 Å². The average molecular weight is 640 g/mol. The molecule has 2 fully saturated rings. The van der Waals surface area contributed by atoms with Gasteiger partial charge in [0.25, 0.3) is 5.91 Å². The predicted octanol–water partition coefficient (Wildman–Crippen LogP) is 0.421. The van der Waals surface area contributed by atoms with Gasteiger partial charge in [0.1, 0.15) is 34.9 Å². The molecule has 0 aliphatic carbocycles. The Labute approximate surface area is 259 Å². The van der Waals surface area contributed by atoms with Crippen LogP contribution in [-0.4, -0.2) is 98.2 Å². The number of nitrogens with zero attached hydrogens (tertiary/aromatic N) is 5. The normalized spacial score (nSPS) is 19.9. The molecule has 2 saturated heterocycles. The number of carboxylic acids is 1. The van der Waals surface area contributed by atoms with Gasteiger partial charge in [-0.3, -0.25) is 19.3 Å². The van der Waals surface area contributed by atoms with Crippen LogP contribution in [0.25, 0.3) is 11.0 Å². The van der Waals surface area contributed by atoms with Crippen LogP contribution in [0.3, 0.4) is 0 Å². The van der Waals surface area contributed by atoms with E-state index in [9.17, 15) is 29.1 Å². The smallest absolute Gasteiger partial charge is 0.352 e. The van der Waals surface area contributed by atoms with E-state index in [0.29, 0.717) is 18.1 Å². The number of aryl methyl sites for hydroxylation is 1. The first-order valence-corrected chi connectivity index (χ1v) is 15.9. The molecule has 3 aliphatic heterocycles. The summed E-state index contributed by atoms with van der Waals surface area (Å²) in [7, 11) is 0. The van der Waals surface area contributed by atoms with Crippen molar-refractivity contribution in [3.63, 3.8) is 0 Å². The van der Waals surface area contributed by atoms with Crippen LogP contribution in [0, 0.1) is 0 Å². The zero-order valence-electron chi connectivity index (χ0n) is 23.6. The second-order valence-electron chi connectivity index (χ2n) is 10.3. The molecule has 6 heterocycles. The standard InChI is InChI=1S/C28H29N7O7S2/c1-2-33-12-18(22(37)17-11-30-28(32-23(17)33)34-7-5-29-6-8-34)27(41)42-13-15-14-44-25-20(24(38)35(25)21(15)26(39)40)31-19(36)10-16-4-3-9-43-16/h3-4,9,11-12,20,25,29H,2,5-8,10,13-14H2,1H3,(H,31,36)(H,39,40)/t20-,25-/m1/s1. The van der Waals surface area contributed by atoms with Gasteiger partial charge in [0.15, 0.2) is 0 Å². The van der Waals surface area contributed by atoms with Gasteiger partial charge < -0.3 is 29.9 Å². The number of aliphatic carboxylic acids is 1. The lowest BCUT2D eigenvalue weighted by Gasteiger charge is -2.49. The van der Waals surface area contributed by atoms with Crippen LogP contribution in [0.5, 0.6) is 0 Å². The number of carbonyl (C=O) groups is 4. The zero-order valence-corrected chi connectivity index (χ0v) is 25.3. The Hall–Kier alpha value is -4.28. The number of piperazine rings is 1. The van der Waals surface area contributed by atoms with Gasteiger partial charge >= 0.3 is 11.9 Å². The van der Waals surface area contributed by atoms with Crippen molar-refractivity contribution in [2.24, 2.45) is 0 Å². The highest BCUT2D eigenvalue weighted by Crippen LogP contribution is 2.40. The number of carboxylic acid groups (broad SMARTS) is 1. The van der Waals surface area contributed by atoms with Crippen molar-refractivity contribution in [3.8, 4) is 0 Å². The van der Waals surface area contributed by atoms with Crippen LogP contribution in [0.4, 0.5) is 5.95 Å². The number of pyridine rings is 1. The summed E-state index contributed by atoms with van der Waals surface area (Å²) in [5, 5.41) is 17.4. The molecule has 14 nitrogen and oxygen atoms in total. The molecule has 3 N–H and O–H groups in total. The van der Waals surface area contributed by atoms with Gasteiger partial charge in [0.2, 0.25) is 17.3 Å². The van der Waals surface area contributed by atoms with Gasteiger partial charge in [0, 0.05) is 61.3 Å². The van der Waals surface area contributed by atoms with Crippen LogP contribution < -0.4 is 21.0 Å². The van der Waals surface area contributed by atoms with Crippen LogP contribution in [0.2, 0.25) is 0 Å². The molecule has 44 heavy (non-hydrogen) atoms. The van der Waals surface area contributed by atoms with E-state index >= 15 is 0 Å². The molecule has 3 aliphatic rings. The molecular formula is C28H29N7O7S2. The second-order valence-corrected chi connectivity index (χ2v) is 12.5. The maximum absolute atomic E-state index is 13.3. The summed E-state index contributed by atoms with van der Waals surface area (Å²) in [4.78, 5) is 77.0. The van der Waals surface area contributed by atoms with Crippen molar-refractivity contribution >= 4 is 63.8 Å². The summed E-state index contributed by atoms with van der Waals surface area (Å²) in [5.74, 6) is -2.51. The van der Waals surface area contributed by atoms with Gasteiger partial charge in [-0.1, -0.05) is 6.07 Å². The molecule has 230 valence electrons. The zero-order chi connectivity index (χ0) is 31.0. The van der Waals surface area contributed by atoms with E-state index in [-0.39, 0.29) is 40.3 Å². The number of anilines is 1. The largest absolute Gasteiger partial charge is 0.477 e. The Kier molecular flexibility index (Phi) is 8.38. The van der Waals surface area contributed by atoms with E-state index in [0.717, 1.165) is 36.0 Å². The minimum Gasteiger partial charge on any atom is -0.477 e. The number of amides is 2. The Morgan fingerprint density at radius 3 is 2.73 bits per heavy atom. The number of aromatic nitrogens is 3. The number of ether oxygens (including phenoxy) is 1. The molecule has 3 aromatic heterocycles. The summed E-state index contributed by atoms with van der Waals surface area (Å²) in [6, 6.07) is 2.79. The number of carbonyl (C=O) groups excluding carboxylic acids is 3. The SMILES string of the molecule is CCn1cc(C(=O)OCC2=C(C(=O)O)N3C(=O)[C@@H](NC(=O)Cc4cccs4)[C@H]3SC2)c(=O)c2cnc(N3CCNCC3)nc21. The van der Waals surface area contributed by atoms with Gasteiger partial charge in [0.05, 0.1) is 11.8 Å². The summed E-state index contributed by atoms with van der Waals surface area (Å²) >= 11 is 2.69. The van der Waals surface area contributed by atoms with Gasteiger partial charge in [-0.15, -0.1) is 23.1 Å². The Balaban J connectivity index is 1.17. The minimum atomic E-state index is -1.35. The van der Waals surface area contributed by atoms with Crippen molar-refractivity contribution < 1.29 is 29.0 Å². The maximum Gasteiger partial charge on any atom is 0.352 e. The number of β-lactam (4-membered cyclic amide) rings is 1. The lowest BCUT2D eigenvalue weighted by Crippen LogP contribution is -2.70. The molecular weight excluding hydrogens is 610 g/mol. The highest BCUT2D eigenvalue weighted by molar-refractivity contribution is 8.00. The second kappa shape index (κ2) is 12.4. The van der Waals surface area contributed by atoms with E-state index in [1.807, 2.05) is 29.3 Å². The molecule has 3 aromatic rings. The number of esters is 1. The maximum atomic E-state index is 13.3. The highest BCUT2D eigenvalue weighted by atomic mass is 32.2. The number of fused-ring (bicyclic) bond motifs is 2. The molecule has 0 saturated carbocycles. The van der Waals surface area contributed by atoms with E-state index in [2.05, 4.69) is 20.6 Å². The molecule has 0 radical (unpaired) electrons. The van der Waals surface area contributed by atoms with Gasteiger partial charge in [-0.25, -0.2) is 14.6 Å². The lowest BCUT2D eigenvalue weighted by atomic mass is 10.0. The van der Waals surface area contributed by atoms with Crippen molar-refractivity contribution in [3.05, 3.63) is 61.8 Å². The van der Waals surface area contributed by atoms with Crippen molar-refractivity contribution in [1.29, 1.82) is 0 Å². The van der Waals surface area contributed by atoms with Crippen LogP contribution in [0.15, 0.2) is 46.0 Å². The fourth-order valence-corrected chi connectivity index (χ4v) is 7.42.